The van der Waals surface area contributed by atoms with Crippen molar-refractivity contribution in [2.45, 2.75) is 90.4 Å². The number of halogens is 2. The van der Waals surface area contributed by atoms with Gasteiger partial charge in [0.15, 0.2) is 0 Å². The summed E-state index contributed by atoms with van der Waals surface area (Å²) in [6.45, 7) is 4.52. The minimum atomic E-state index is -0.264. The zero-order chi connectivity index (χ0) is 22.5. The standard InChI is InChI=1S/C30H38ClF/c1-3-5-6-22-9-11-23(12-10-22)24-15-17-25(18-16-24)27-19-20-28(30(32)29(27)31)26-13-7-21(4-2)8-14-26/h13,15-23H,3-12,14H2,1-2H3. The predicted octanol–water partition coefficient (Wildman–Crippen LogP) is 10.2. The lowest BCUT2D eigenvalue weighted by Gasteiger charge is -2.29. The van der Waals surface area contributed by atoms with Crippen LogP contribution in [-0.4, -0.2) is 0 Å². The van der Waals surface area contributed by atoms with Gasteiger partial charge in [-0.1, -0.05) is 93.6 Å². The van der Waals surface area contributed by atoms with E-state index in [1.165, 1.54) is 56.9 Å². The number of hydrogen-bond donors (Lipinski definition) is 0. The number of benzene rings is 2. The van der Waals surface area contributed by atoms with Gasteiger partial charge in [-0.2, -0.15) is 0 Å². The summed E-state index contributed by atoms with van der Waals surface area (Å²) in [7, 11) is 0. The summed E-state index contributed by atoms with van der Waals surface area (Å²) in [5.41, 5.74) is 5.03. The van der Waals surface area contributed by atoms with E-state index in [1.807, 2.05) is 12.1 Å². The van der Waals surface area contributed by atoms with Gasteiger partial charge in [0, 0.05) is 11.1 Å². The van der Waals surface area contributed by atoms with Crippen LogP contribution in [0.3, 0.4) is 0 Å². The fraction of sp³-hybridized carbons (Fsp3) is 0.533. The second-order valence-corrected chi connectivity index (χ2v) is 10.4. The lowest BCUT2D eigenvalue weighted by molar-refractivity contribution is 0.304. The third-order valence-corrected chi connectivity index (χ3v) is 8.40. The van der Waals surface area contributed by atoms with Crippen LogP contribution in [0.2, 0.25) is 5.02 Å². The highest BCUT2D eigenvalue weighted by Crippen LogP contribution is 2.40. The summed E-state index contributed by atoms with van der Waals surface area (Å²) < 4.78 is 15.2. The number of allylic oxidation sites excluding steroid dienone is 2. The monoisotopic (exact) mass is 452 g/mol. The van der Waals surface area contributed by atoms with Crippen LogP contribution in [0.25, 0.3) is 16.7 Å². The molecule has 2 aromatic carbocycles. The third kappa shape index (κ3) is 5.30. The minimum Gasteiger partial charge on any atom is -0.205 e. The van der Waals surface area contributed by atoms with E-state index in [2.05, 4.69) is 44.2 Å². The molecule has 2 aliphatic carbocycles. The molecule has 4 rings (SSSR count). The smallest absolute Gasteiger partial charge is 0.149 e. The summed E-state index contributed by atoms with van der Waals surface area (Å²) in [6, 6.07) is 12.7. The van der Waals surface area contributed by atoms with Gasteiger partial charge in [-0.15, -0.1) is 0 Å². The molecule has 32 heavy (non-hydrogen) atoms. The average Bonchev–Trinajstić information content (AvgIpc) is 2.85. The molecule has 172 valence electrons. The molecule has 0 saturated heterocycles. The van der Waals surface area contributed by atoms with E-state index in [0.717, 1.165) is 47.8 Å². The highest BCUT2D eigenvalue weighted by atomic mass is 35.5. The van der Waals surface area contributed by atoms with Gasteiger partial charge in [0.2, 0.25) is 0 Å². The van der Waals surface area contributed by atoms with Crippen LogP contribution in [0.4, 0.5) is 4.39 Å². The van der Waals surface area contributed by atoms with Crippen LogP contribution < -0.4 is 0 Å². The minimum absolute atomic E-state index is 0.255. The van der Waals surface area contributed by atoms with Gasteiger partial charge in [-0.05, 0) is 79.4 Å². The first kappa shape index (κ1) is 23.6. The van der Waals surface area contributed by atoms with E-state index in [0.29, 0.717) is 11.5 Å². The summed E-state index contributed by atoms with van der Waals surface area (Å²) in [4.78, 5) is 0. The Morgan fingerprint density at radius 2 is 1.59 bits per heavy atom. The molecular weight excluding hydrogens is 415 g/mol. The molecule has 2 aromatic rings. The van der Waals surface area contributed by atoms with E-state index in [-0.39, 0.29) is 10.8 Å². The van der Waals surface area contributed by atoms with E-state index in [9.17, 15) is 0 Å². The Kier molecular flexibility index (Phi) is 8.11. The molecular formula is C30H38ClF. The maximum atomic E-state index is 15.2. The SMILES string of the molecule is CCCCC1CCC(c2ccc(-c3ccc(C4=CCC(CC)CC4)c(F)c3Cl)cc2)CC1. The van der Waals surface area contributed by atoms with Crippen molar-refractivity contribution < 1.29 is 4.39 Å². The Morgan fingerprint density at radius 1 is 0.875 bits per heavy atom. The first-order chi connectivity index (χ1) is 15.6. The highest BCUT2D eigenvalue weighted by molar-refractivity contribution is 6.33. The lowest BCUT2D eigenvalue weighted by Crippen LogP contribution is -2.13. The Bertz CT molecular complexity index is 919. The van der Waals surface area contributed by atoms with Gasteiger partial charge in [-0.25, -0.2) is 4.39 Å². The van der Waals surface area contributed by atoms with Crippen molar-refractivity contribution in [3.8, 4) is 11.1 Å². The Labute approximate surface area is 199 Å². The number of rotatable bonds is 7. The van der Waals surface area contributed by atoms with Crippen molar-refractivity contribution in [3.05, 3.63) is 64.4 Å². The summed E-state index contributed by atoms with van der Waals surface area (Å²) in [5, 5.41) is 0.255. The number of hydrogen-bond acceptors (Lipinski definition) is 0. The molecule has 2 heteroatoms. The second-order valence-electron chi connectivity index (χ2n) is 10.0. The van der Waals surface area contributed by atoms with Gasteiger partial charge < -0.3 is 0 Å². The maximum Gasteiger partial charge on any atom is 0.149 e. The van der Waals surface area contributed by atoms with Crippen molar-refractivity contribution in [1.29, 1.82) is 0 Å². The second kappa shape index (κ2) is 11.0. The molecule has 0 spiro atoms. The van der Waals surface area contributed by atoms with Crippen LogP contribution in [0.5, 0.6) is 0 Å². The molecule has 0 bridgehead atoms. The predicted molar refractivity (Wildman–Crippen MR) is 137 cm³/mol. The van der Waals surface area contributed by atoms with Gasteiger partial charge in [0.05, 0.1) is 5.02 Å². The van der Waals surface area contributed by atoms with E-state index in [4.69, 9.17) is 11.6 Å². The van der Waals surface area contributed by atoms with Crippen molar-refractivity contribution >= 4 is 17.2 Å². The Morgan fingerprint density at radius 3 is 2.22 bits per heavy atom. The van der Waals surface area contributed by atoms with Crippen LogP contribution in [0.15, 0.2) is 42.5 Å². The third-order valence-electron chi connectivity index (χ3n) is 8.03. The average molecular weight is 453 g/mol. The van der Waals surface area contributed by atoms with Crippen LogP contribution in [0, 0.1) is 17.7 Å². The first-order valence-corrected chi connectivity index (χ1v) is 13.3. The fourth-order valence-electron chi connectivity index (χ4n) is 5.74. The van der Waals surface area contributed by atoms with Gasteiger partial charge in [0.25, 0.3) is 0 Å². The maximum absolute atomic E-state index is 15.2. The molecule has 1 atom stereocenters. The van der Waals surface area contributed by atoms with E-state index in [1.54, 1.807) is 0 Å². The zero-order valence-corrected chi connectivity index (χ0v) is 20.6. The van der Waals surface area contributed by atoms with Crippen LogP contribution in [-0.2, 0) is 0 Å². The van der Waals surface area contributed by atoms with Gasteiger partial charge in [0.1, 0.15) is 5.82 Å². The van der Waals surface area contributed by atoms with Gasteiger partial charge in [-0.3, -0.25) is 0 Å². The molecule has 0 radical (unpaired) electrons. The summed E-state index contributed by atoms with van der Waals surface area (Å²) in [6.07, 6.45) is 15.9. The fourth-order valence-corrected chi connectivity index (χ4v) is 6.01. The van der Waals surface area contributed by atoms with Crippen LogP contribution >= 0.6 is 11.6 Å². The molecule has 1 unspecified atom stereocenters. The summed E-state index contributed by atoms with van der Waals surface area (Å²) >= 11 is 6.55. The van der Waals surface area contributed by atoms with Crippen molar-refractivity contribution in [3.63, 3.8) is 0 Å². The van der Waals surface area contributed by atoms with E-state index < -0.39 is 0 Å². The topological polar surface area (TPSA) is 0 Å². The van der Waals surface area contributed by atoms with Crippen molar-refractivity contribution in [2.75, 3.05) is 0 Å². The van der Waals surface area contributed by atoms with Crippen LogP contribution in [0.1, 0.15) is 102 Å². The first-order valence-electron chi connectivity index (χ1n) is 12.9. The molecule has 0 N–H and O–H groups in total. The van der Waals surface area contributed by atoms with Gasteiger partial charge >= 0.3 is 0 Å². The molecule has 0 nitrogen and oxygen atoms in total. The Balaban J connectivity index is 1.45. The molecule has 0 amide bonds. The zero-order valence-electron chi connectivity index (χ0n) is 19.8. The molecule has 2 aliphatic rings. The van der Waals surface area contributed by atoms with Crippen molar-refractivity contribution in [2.24, 2.45) is 11.8 Å². The molecule has 0 aromatic heterocycles. The Hall–Kier alpha value is -1.60. The number of unbranched alkanes of at least 4 members (excludes halogenated alkanes) is 1. The summed E-state index contributed by atoms with van der Waals surface area (Å²) in [5.74, 6) is 2.07. The largest absolute Gasteiger partial charge is 0.205 e. The van der Waals surface area contributed by atoms with Crippen molar-refractivity contribution in [1.82, 2.24) is 0 Å². The normalized spacial score (nSPS) is 23.8. The quantitative estimate of drug-likeness (QED) is 0.391. The lowest BCUT2D eigenvalue weighted by atomic mass is 9.77. The highest BCUT2D eigenvalue weighted by Gasteiger charge is 2.23. The van der Waals surface area contributed by atoms with E-state index >= 15 is 4.39 Å². The molecule has 1 fully saturated rings. The molecule has 0 aliphatic heterocycles. The molecule has 0 heterocycles. The molecule has 1 saturated carbocycles.